The average molecular weight is 428 g/mol. The SMILES string of the molecule is C=CCn1c(CNc2cccc(Cl)c2)nn(CC(=O)Nc2ccc(C)cc2)c1=S. The Morgan fingerprint density at radius 1 is 1.24 bits per heavy atom. The van der Waals surface area contributed by atoms with Crippen molar-refractivity contribution < 1.29 is 4.79 Å². The molecule has 8 heteroatoms. The number of anilines is 2. The Morgan fingerprint density at radius 3 is 2.69 bits per heavy atom. The number of hydrogen-bond acceptors (Lipinski definition) is 4. The van der Waals surface area contributed by atoms with E-state index in [-0.39, 0.29) is 12.5 Å². The second kappa shape index (κ2) is 9.54. The van der Waals surface area contributed by atoms with Crippen molar-refractivity contribution in [2.24, 2.45) is 0 Å². The molecule has 3 rings (SSSR count). The maximum Gasteiger partial charge on any atom is 0.246 e. The molecule has 0 spiro atoms. The zero-order valence-electron chi connectivity index (χ0n) is 16.1. The maximum atomic E-state index is 12.4. The van der Waals surface area contributed by atoms with Gasteiger partial charge in [-0.25, -0.2) is 4.68 Å². The van der Waals surface area contributed by atoms with Crippen LogP contribution < -0.4 is 10.6 Å². The molecule has 2 N–H and O–H groups in total. The van der Waals surface area contributed by atoms with Gasteiger partial charge in [-0.2, -0.15) is 5.10 Å². The number of benzene rings is 2. The van der Waals surface area contributed by atoms with Gasteiger partial charge in [0.05, 0.1) is 6.54 Å². The lowest BCUT2D eigenvalue weighted by Crippen LogP contribution is -2.20. The Balaban J connectivity index is 1.74. The minimum absolute atomic E-state index is 0.0288. The first kappa shape index (κ1) is 20.8. The largest absolute Gasteiger partial charge is 0.378 e. The van der Waals surface area contributed by atoms with E-state index in [0.29, 0.717) is 28.7 Å². The molecule has 0 radical (unpaired) electrons. The Morgan fingerprint density at radius 2 is 2.00 bits per heavy atom. The van der Waals surface area contributed by atoms with Gasteiger partial charge in [-0.05, 0) is 49.5 Å². The van der Waals surface area contributed by atoms with E-state index in [1.807, 2.05) is 60.0 Å². The van der Waals surface area contributed by atoms with Gasteiger partial charge in [-0.15, -0.1) is 6.58 Å². The van der Waals surface area contributed by atoms with Crippen LogP contribution in [0.1, 0.15) is 11.4 Å². The predicted octanol–water partition coefficient (Wildman–Crippen LogP) is 4.81. The molecule has 1 heterocycles. The third-order valence-corrected chi connectivity index (χ3v) is 4.88. The van der Waals surface area contributed by atoms with Crippen molar-refractivity contribution in [2.75, 3.05) is 10.6 Å². The highest BCUT2D eigenvalue weighted by molar-refractivity contribution is 7.71. The van der Waals surface area contributed by atoms with Crippen LogP contribution >= 0.6 is 23.8 Å². The molecule has 3 aromatic rings. The van der Waals surface area contributed by atoms with E-state index in [9.17, 15) is 4.79 Å². The Bertz CT molecular complexity index is 1070. The van der Waals surface area contributed by atoms with E-state index in [4.69, 9.17) is 23.8 Å². The van der Waals surface area contributed by atoms with Gasteiger partial charge in [0.2, 0.25) is 5.91 Å². The summed E-state index contributed by atoms with van der Waals surface area (Å²) in [4.78, 5) is 12.4. The van der Waals surface area contributed by atoms with Gasteiger partial charge in [0.15, 0.2) is 10.6 Å². The van der Waals surface area contributed by atoms with E-state index < -0.39 is 0 Å². The van der Waals surface area contributed by atoms with Crippen molar-refractivity contribution in [3.05, 3.63) is 82.4 Å². The van der Waals surface area contributed by atoms with Gasteiger partial charge in [0, 0.05) is 22.9 Å². The number of carbonyl (C=O) groups excluding carboxylic acids is 1. The molecule has 0 aliphatic rings. The summed E-state index contributed by atoms with van der Waals surface area (Å²) in [5.41, 5.74) is 2.74. The third-order valence-electron chi connectivity index (χ3n) is 4.22. The number of rotatable bonds is 8. The summed E-state index contributed by atoms with van der Waals surface area (Å²) in [6.45, 7) is 6.74. The second-order valence-corrected chi connectivity index (χ2v) is 7.34. The molecule has 0 fully saturated rings. The van der Waals surface area contributed by atoms with Gasteiger partial charge in [-0.3, -0.25) is 9.36 Å². The summed E-state index contributed by atoms with van der Waals surface area (Å²) in [7, 11) is 0. The number of aromatic nitrogens is 3. The standard InChI is InChI=1S/C21H22ClN5OS/c1-3-11-26-19(13-23-18-6-4-5-16(22)12-18)25-27(21(26)29)14-20(28)24-17-9-7-15(2)8-10-17/h3-10,12,23H,1,11,13-14H2,2H3,(H,24,28). The van der Waals surface area contributed by atoms with E-state index >= 15 is 0 Å². The molecule has 6 nitrogen and oxygen atoms in total. The van der Waals surface area contributed by atoms with Crippen molar-refractivity contribution in [2.45, 2.75) is 26.6 Å². The molecule has 0 atom stereocenters. The molecule has 29 heavy (non-hydrogen) atoms. The molecule has 0 unspecified atom stereocenters. The van der Waals surface area contributed by atoms with Gasteiger partial charge in [0.1, 0.15) is 6.54 Å². The molecule has 0 aliphatic carbocycles. The first-order valence-electron chi connectivity index (χ1n) is 9.09. The summed E-state index contributed by atoms with van der Waals surface area (Å²) in [6.07, 6.45) is 1.75. The molecule has 1 aromatic heterocycles. The van der Waals surface area contributed by atoms with E-state index in [2.05, 4.69) is 22.3 Å². The fraction of sp³-hybridized carbons (Fsp3) is 0.190. The average Bonchev–Trinajstić information content (AvgIpc) is 2.97. The van der Waals surface area contributed by atoms with Gasteiger partial charge < -0.3 is 10.6 Å². The maximum absolute atomic E-state index is 12.4. The second-order valence-electron chi connectivity index (χ2n) is 6.53. The summed E-state index contributed by atoms with van der Waals surface area (Å²) in [5, 5.41) is 11.3. The molecule has 0 saturated heterocycles. The zero-order chi connectivity index (χ0) is 20.8. The van der Waals surface area contributed by atoms with Crippen LogP contribution in [0.15, 0.2) is 61.2 Å². The van der Waals surface area contributed by atoms with Crippen LogP contribution in [0.25, 0.3) is 0 Å². The van der Waals surface area contributed by atoms with Gasteiger partial charge >= 0.3 is 0 Å². The molecule has 0 saturated carbocycles. The van der Waals surface area contributed by atoms with Gasteiger partial charge in [0.25, 0.3) is 0 Å². The highest BCUT2D eigenvalue weighted by Gasteiger charge is 2.13. The summed E-state index contributed by atoms with van der Waals surface area (Å²) in [5.74, 6) is 0.514. The predicted molar refractivity (Wildman–Crippen MR) is 120 cm³/mol. The minimum Gasteiger partial charge on any atom is -0.378 e. The van der Waals surface area contributed by atoms with Crippen LogP contribution in [0, 0.1) is 11.7 Å². The molecule has 0 aliphatic heterocycles. The van der Waals surface area contributed by atoms with Crippen molar-refractivity contribution in [1.82, 2.24) is 14.3 Å². The lowest BCUT2D eigenvalue weighted by molar-refractivity contribution is -0.116. The number of amides is 1. The summed E-state index contributed by atoms with van der Waals surface area (Å²) in [6, 6.07) is 15.1. The highest BCUT2D eigenvalue weighted by atomic mass is 35.5. The monoisotopic (exact) mass is 427 g/mol. The first-order valence-corrected chi connectivity index (χ1v) is 9.88. The van der Waals surface area contributed by atoms with Crippen LogP contribution in [-0.2, 0) is 24.4 Å². The number of hydrogen-bond donors (Lipinski definition) is 2. The van der Waals surface area contributed by atoms with Crippen LogP contribution in [0.3, 0.4) is 0 Å². The number of nitrogens with one attached hydrogen (secondary N) is 2. The Hall–Kier alpha value is -2.90. The smallest absolute Gasteiger partial charge is 0.246 e. The molecule has 2 aromatic carbocycles. The van der Waals surface area contributed by atoms with E-state index in [1.165, 1.54) is 4.68 Å². The highest BCUT2D eigenvalue weighted by Crippen LogP contribution is 2.16. The fourth-order valence-electron chi connectivity index (χ4n) is 2.79. The number of allylic oxidation sites excluding steroid dienone is 1. The lowest BCUT2D eigenvalue weighted by Gasteiger charge is -2.07. The molecule has 0 bridgehead atoms. The summed E-state index contributed by atoms with van der Waals surface area (Å²) >= 11 is 11.5. The summed E-state index contributed by atoms with van der Waals surface area (Å²) < 4.78 is 3.84. The quantitative estimate of drug-likeness (QED) is 0.400. The van der Waals surface area contributed by atoms with Crippen LogP contribution in [0.2, 0.25) is 5.02 Å². The van der Waals surface area contributed by atoms with Crippen LogP contribution in [0.4, 0.5) is 11.4 Å². The number of nitrogens with zero attached hydrogens (tertiary/aromatic N) is 3. The first-order chi connectivity index (χ1) is 14.0. The zero-order valence-corrected chi connectivity index (χ0v) is 17.6. The minimum atomic E-state index is -0.192. The lowest BCUT2D eigenvalue weighted by atomic mass is 10.2. The van der Waals surface area contributed by atoms with Crippen molar-refractivity contribution in [1.29, 1.82) is 0 Å². The van der Waals surface area contributed by atoms with Gasteiger partial charge in [-0.1, -0.05) is 41.4 Å². The molecular weight excluding hydrogens is 406 g/mol. The molecular formula is C21H22ClN5OS. The van der Waals surface area contributed by atoms with Crippen molar-refractivity contribution in [3.8, 4) is 0 Å². The topological polar surface area (TPSA) is 63.9 Å². The normalized spacial score (nSPS) is 10.6. The molecule has 150 valence electrons. The van der Waals surface area contributed by atoms with E-state index in [1.54, 1.807) is 6.08 Å². The Kier molecular flexibility index (Phi) is 6.85. The van der Waals surface area contributed by atoms with Crippen molar-refractivity contribution >= 4 is 41.1 Å². The van der Waals surface area contributed by atoms with Crippen LogP contribution in [-0.4, -0.2) is 20.3 Å². The van der Waals surface area contributed by atoms with Crippen LogP contribution in [0.5, 0.6) is 0 Å². The number of halogens is 1. The van der Waals surface area contributed by atoms with E-state index in [0.717, 1.165) is 16.9 Å². The fourth-order valence-corrected chi connectivity index (χ4v) is 3.26. The number of aryl methyl sites for hydroxylation is 1. The Labute approximate surface area is 179 Å². The third kappa shape index (κ3) is 5.56. The molecule has 1 amide bonds. The number of carbonyl (C=O) groups is 1. The van der Waals surface area contributed by atoms with Crippen molar-refractivity contribution in [3.63, 3.8) is 0 Å².